The maximum Gasteiger partial charge on any atom is 0.339 e. The first-order chi connectivity index (χ1) is 3.55. The van der Waals surface area contributed by atoms with Gasteiger partial charge in [-0.05, 0) is 6.92 Å². The Morgan fingerprint density at radius 1 is 1.88 bits per heavy atom. The third-order valence-electron chi connectivity index (χ3n) is 0.698. The summed E-state index contributed by atoms with van der Waals surface area (Å²) in [6.45, 7) is 1.30. The highest BCUT2D eigenvalue weighted by Crippen LogP contribution is 1.93. The molecule has 0 aromatic carbocycles. The molecule has 0 aliphatic carbocycles. The van der Waals surface area contributed by atoms with Gasteiger partial charge in [0.05, 0.1) is 0 Å². The van der Waals surface area contributed by atoms with Gasteiger partial charge in [0, 0.05) is 6.04 Å². The van der Waals surface area contributed by atoms with Gasteiger partial charge in [0.2, 0.25) is 6.17 Å². The van der Waals surface area contributed by atoms with Crippen molar-refractivity contribution in [2.45, 2.75) is 19.1 Å². The minimum Gasteiger partial charge on any atom is -0.479 e. The topological polar surface area (TPSA) is 63.3 Å². The van der Waals surface area contributed by atoms with Crippen LogP contribution in [0, 0.1) is 0 Å². The molecule has 3 nitrogen and oxygen atoms in total. The van der Waals surface area contributed by atoms with Crippen molar-refractivity contribution < 1.29 is 14.3 Å². The van der Waals surface area contributed by atoms with Crippen LogP contribution >= 0.6 is 0 Å². The van der Waals surface area contributed by atoms with E-state index < -0.39 is 18.2 Å². The molecule has 0 aromatic rings. The minimum absolute atomic E-state index is 0.924. The van der Waals surface area contributed by atoms with E-state index in [0.717, 1.165) is 0 Å². The van der Waals surface area contributed by atoms with E-state index in [4.69, 9.17) is 10.8 Å². The highest BCUT2D eigenvalue weighted by atomic mass is 19.1. The zero-order valence-electron chi connectivity index (χ0n) is 4.47. The van der Waals surface area contributed by atoms with E-state index in [1.54, 1.807) is 0 Å². The van der Waals surface area contributed by atoms with Crippen molar-refractivity contribution in [3.05, 3.63) is 0 Å². The summed E-state index contributed by atoms with van der Waals surface area (Å²) in [5.41, 5.74) is 4.88. The van der Waals surface area contributed by atoms with Crippen LogP contribution in [0.2, 0.25) is 0 Å². The summed E-state index contributed by atoms with van der Waals surface area (Å²) < 4.78 is 11.9. The van der Waals surface area contributed by atoms with E-state index >= 15 is 0 Å². The first-order valence-electron chi connectivity index (χ1n) is 2.18. The molecular formula is C4H8FNO2. The molecule has 0 rings (SSSR count). The summed E-state index contributed by atoms with van der Waals surface area (Å²) in [6, 6.07) is -0.924. The lowest BCUT2D eigenvalue weighted by Crippen LogP contribution is -2.34. The molecule has 0 radical (unpaired) electrons. The molecule has 3 N–H and O–H groups in total. The van der Waals surface area contributed by atoms with Crippen molar-refractivity contribution in [3.8, 4) is 0 Å². The van der Waals surface area contributed by atoms with Crippen molar-refractivity contribution in [1.82, 2.24) is 0 Å². The molecule has 0 aliphatic rings. The summed E-state index contributed by atoms with van der Waals surface area (Å²) in [4.78, 5) is 9.69. The smallest absolute Gasteiger partial charge is 0.339 e. The summed E-state index contributed by atoms with van der Waals surface area (Å²) >= 11 is 0. The quantitative estimate of drug-likeness (QED) is 0.529. The Balaban J connectivity index is 3.64. The van der Waals surface area contributed by atoms with E-state index in [9.17, 15) is 9.18 Å². The van der Waals surface area contributed by atoms with Gasteiger partial charge in [-0.2, -0.15) is 0 Å². The molecule has 0 heterocycles. The highest BCUT2D eigenvalue weighted by molar-refractivity contribution is 5.72. The second kappa shape index (κ2) is 2.61. The largest absolute Gasteiger partial charge is 0.479 e. The first kappa shape index (κ1) is 7.36. The molecular weight excluding hydrogens is 113 g/mol. The Morgan fingerprint density at radius 3 is 2.25 bits per heavy atom. The maximum absolute atomic E-state index is 11.9. The summed E-state index contributed by atoms with van der Waals surface area (Å²) in [6.07, 6.45) is -1.94. The van der Waals surface area contributed by atoms with Gasteiger partial charge >= 0.3 is 5.97 Å². The second-order valence-corrected chi connectivity index (χ2v) is 1.60. The van der Waals surface area contributed by atoms with Gasteiger partial charge < -0.3 is 10.8 Å². The average molecular weight is 121 g/mol. The van der Waals surface area contributed by atoms with Crippen LogP contribution in [0.5, 0.6) is 0 Å². The molecule has 0 aliphatic heterocycles. The molecule has 0 saturated heterocycles. The van der Waals surface area contributed by atoms with Gasteiger partial charge in [-0.15, -0.1) is 0 Å². The molecule has 0 amide bonds. The number of carboxylic acid groups (broad SMARTS) is 1. The van der Waals surface area contributed by atoms with Crippen LogP contribution in [-0.4, -0.2) is 23.3 Å². The highest BCUT2D eigenvalue weighted by Gasteiger charge is 2.19. The Kier molecular flexibility index (Phi) is 2.41. The normalized spacial score (nSPS) is 17.4. The molecule has 0 saturated carbocycles. The zero-order valence-corrected chi connectivity index (χ0v) is 4.47. The molecule has 0 fully saturated rings. The predicted molar refractivity (Wildman–Crippen MR) is 26.2 cm³/mol. The van der Waals surface area contributed by atoms with E-state index in [1.807, 2.05) is 0 Å². The number of hydrogen-bond acceptors (Lipinski definition) is 2. The third kappa shape index (κ3) is 1.88. The van der Waals surface area contributed by atoms with E-state index in [2.05, 4.69) is 0 Å². The lowest BCUT2D eigenvalue weighted by atomic mass is 10.2. The van der Waals surface area contributed by atoms with Crippen molar-refractivity contribution >= 4 is 5.97 Å². The summed E-state index contributed by atoms with van der Waals surface area (Å²) in [5, 5.41) is 7.90. The van der Waals surface area contributed by atoms with Crippen LogP contribution in [0.3, 0.4) is 0 Å². The number of halogens is 1. The second-order valence-electron chi connectivity index (χ2n) is 1.60. The van der Waals surface area contributed by atoms with E-state index in [1.165, 1.54) is 6.92 Å². The molecule has 0 unspecified atom stereocenters. The number of nitrogens with two attached hydrogens (primary N) is 1. The summed E-state index contributed by atoms with van der Waals surface area (Å²) in [7, 11) is 0. The fourth-order valence-electron chi connectivity index (χ4n) is 0.225. The molecule has 4 heteroatoms. The van der Waals surface area contributed by atoms with Crippen molar-refractivity contribution in [1.29, 1.82) is 0 Å². The number of rotatable bonds is 2. The van der Waals surface area contributed by atoms with Crippen LogP contribution in [0.15, 0.2) is 0 Å². The fraction of sp³-hybridized carbons (Fsp3) is 0.750. The molecule has 0 aromatic heterocycles. The van der Waals surface area contributed by atoms with Crippen LogP contribution in [-0.2, 0) is 4.79 Å². The van der Waals surface area contributed by atoms with Crippen LogP contribution < -0.4 is 5.73 Å². The number of carboxylic acids is 1. The number of hydrogen-bond donors (Lipinski definition) is 2. The molecule has 0 spiro atoms. The average Bonchev–Trinajstić information content (AvgIpc) is 1.64. The zero-order chi connectivity index (χ0) is 6.73. The first-order valence-corrected chi connectivity index (χ1v) is 2.18. The Hall–Kier alpha value is -0.640. The van der Waals surface area contributed by atoms with E-state index in [0.29, 0.717) is 0 Å². The number of alkyl halides is 1. The maximum atomic E-state index is 11.9. The molecule has 8 heavy (non-hydrogen) atoms. The fourth-order valence-corrected chi connectivity index (χ4v) is 0.225. The Bertz CT molecular complexity index is 94.0. The van der Waals surface area contributed by atoms with Crippen LogP contribution in [0.25, 0.3) is 0 Å². The Morgan fingerprint density at radius 2 is 2.25 bits per heavy atom. The number of aliphatic carboxylic acids is 1. The van der Waals surface area contributed by atoms with Crippen molar-refractivity contribution in [3.63, 3.8) is 0 Å². The van der Waals surface area contributed by atoms with Gasteiger partial charge in [-0.3, -0.25) is 0 Å². The van der Waals surface area contributed by atoms with Crippen LogP contribution in [0.1, 0.15) is 6.92 Å². The standard InChI is InChI=1S/C4H8FNO2/c1-2(6)3(5)4(7)8/h2-3H,6H2,1H3,(H,7,8)/t2-,3-/m0/s1. The van der Waals surface area contributed by atoms with Gasteiger partial charge in [0.25, 0.3) is 0 Å². The minimum atomic E-state index is -1.94. The van der Waals surface area contributed by atoms with Gasteiger partial charge in [-0.25, -0.2) is 9.18 Å². The van der Waals surface area contributed by atoms with Crippen molar-refractivity contribution in [2.24, 2.45) is 5.73 Å². The van der Waals surface area contributed by atoms with Gasteiger partial charge in [0.1, 0.15) is 0 Å². The number of carbonyl (C=O) groups is 1. The lowest BCUT2D eigenvalue weighted by molar-refractivity contribution is -0.143. The SMILES string of the molecule is C[C@H](N)[C@H](F)C(=O)O. The third-order valence-corrected chi connectivity index (χ3v) is 0.698. The summed E-state index contributed by atoms with van der Waals surface area (Å²) in [5.74, 6) is -1.50. The lowest BCUT2D eigenvalue weighted by Gasteiger charge is -2.04. The van der Waals surface area contributed by atoms with Gasteiger partial charge in [-0.1, -0.05) is 0 Å². The van der Waals surface area contributed by atoms with Crippen molar-refractivity contribution in [2.75, 3.05) is 0 Å². The molecule has 48 valence electrons. The van der Waals surface area contributed by atoms with Gasteiger partial charge in [0.15, 0.2) is 0 Å². The predicted octanol–water partition coefficient (Wildman–Crippen LogP) is -0.244. The Labute approximate surface area is 46.3 Å². The monoisotopic (exact) mass is 121 g/mol. The van der Waals surface area contributed by atoms with E-state index in [-0.39, 0.29) is 0 Å². The van der Waals surface area contributed by atoms with Crippen LogP contribution in [0.4, 0.5) is 4.39 Å². The molecule has 2 atom stereocenters. The molecule has 0 bridgehead atoms.